The van der Waals surface area contributed by atoms with Gasteiger partial charge in [0, 0.05) is 11.1 Å². The molecule has 0 aliphatic rings. The van der Waals surface area contributed by atoms with Gasteiger partial charge in [0.15, 0.2) is 11.5 Å². The molecule has 9 nitrogen and oxygen atoms in total. The highest BCUT2D eigenvalue weighted by molar-refractivity contribution is 7.46. The molecule has 0 aliphatic carbocycles. The summed E-state index contributed by atoms with van der Waals surface area (Å²) in [7, 11) is -2.21. The number of aromatic hydroxyl groups is 1. The van der Waals surface area contributed by atoms with Gasteiger partial charge in [-0.2, -0.15) is 0 Å². The van der Waals surface area contributed by atoms with Gasteiger partial charge >= 0.3 is 7.82 Å². The Morgan fingerprint density at radius 2 is 1.68 bits per heavy atom. The Balaban J connectivity index is 2.47. The number of methoxy groups -OCH3 is 2. The van der Waals surface area contributed by atoms with E-state index in [4.69, 9.17) is 19.3 Å². The summed E-state index contributed by atoms with van der Waals surface area (Å²) < 4.78 is 25.8. The fourth-order valence-electron chi connectivity index (χ4n) is 2.58. The number of hydrogen-bond donors (Lipinski definition) is 5. The molecule has 2 aromatic rings. The largest absolute Gasteiger partial charge is 0.525 e. The SMILES string of the molecule is COc1cc(C=Cc2ccc(OC)c(OP(=O)(O)O)c2O)cc(CO)c1CO. The Hall–Kier alpha value is -2.55. The fraction of sp³-hybridized carbons (Fsp3) is 0.222. The van der Waals surface area contributed by atoms with E-state index in [2.05, 4.69) is 4.52 Å². The zero-order valence-corrected chi connectivity index (χ0v) is 16.1. The molecular formula is C18H21O9P. The molecule has 0 atom stereocenters. The predicted octanol–water partition coefficient (Wildman–Crippen LogP) is 2.04. The van der Waals surface area contributed by atoms with Crippen LogP contribution >= 0.6 is 7.82 Å². The van der Waals surface area contributed by atoms with Crippen molar-refractivity contribution in [3.63, 3.8) is 0 Å². The zero-order chi connectivity index (χ0) is 20.9. The van der Waals surface area contributed by atoms with Crippen LogP contribution in [0.2, 0.25) is 0 Å². The molecule has 0 aliphatic heterocycles. The standard InChI is InChI=1S/C18H21O9P/c1-25-15-6-5-12(17(21)18(15)27-28(22,23)24)4-3-11-7-13(9-19)14(10-20)16(8-11)26-2/h3-8,19-21H,9-10H2,1-2H3,(H2,22,23,24). The van der Waals surface area contributed by atoms with Crippen molar-refractivity contribution in [1.82, 2.24) is 0 Å². The van der Waals surface area contributed by atoms with Gasteiger partial charge in [0.25, 0.3) is 0 Å². The molecule has 5 N–H and O–H groups in total. The second-order valence-corrected chi connectivity index (χ2v) is 6.79. The van der Waals surface area contributed by atoms with Crippen LogP contribution < -0.4 is 14.0 Å². The van der Waals surface area contributed by atoms with E-state index in [-0.39, 0.29) is 24.5 Å². The fourth-order valence-corrected chi connectivity index (χ4v) is 3.00. The molecule has 0 radical (unpaired) electrons. The monoisotopic (exact) mass is 412 g/mol. The van der Waals surface area contributed by atoms with Gasteiger partial charge in [0.2, 0.25) is 5.75 Å². The van der Waals surface area contributed by atoms with Crippen molar-refractivity contribution in [3.05, 3.63) is 46.5 Å². The maximum Gasteiger partial charge on any atom is 0.525 e. The van der Waals surface area contributed by atoms with Crippen molar-refractivity contribution in [2.24, 2.45) is 0 Å². The average molecular weight is 412 g/mol. The minimum absolute atomic E-state index is 0.0468. The normalized spacial score (nSPS) is 11.6. The molecule has 28 heavy (non-hydrogen) atoms. The first-order valence-corrected chi connectivity index (χ1v) is 9.51. The third kappa shape index (κ3) is 5.03. The van der Waals surface area contributed by atoms with E-state index in [1.807, 2.05) is 0 Å². The van der Waals surface area contributed by atoms with Crippen molar-refractivity contribution in [1.29, 1.82) is 0 Å². The van der Waals surface area contributed by atoms with Crippen LogP contribution in [0, 0.1) is 0 Å². The molecule has 0 saturated carbocycles. The van der Waals surface area contributed by atoms with Gasteiger partial charge in [-0.05, 0) is 35.4 Å². The number of aliphatic hydroxyl groups is 2. The Bertz CT molecular complexity index is 893. The molecule has 0 bridgehead atoms. The van der Waals surface area contributed by atoms with Crippen LogP contribution in [0.25, 0.3) is 12.2 Å². The average Bonchev–Trinajstić information content (AvgIpc) is 2.66. The Labute approximate surface area is 161 Å². The van der Waals surface area contributed by atoms with E-state index < -0.39 is 19.3 Å². The molecule has 2 aromatic carbocycles. The van der Waals surface area contributed by atoms with Gasteiger partial charge in [-0.1, -0.05) is 12.2 Å². The minimum Gasteiger partial charge on any atom is -0.504 e. The molecule has 2 rings (SSSR count). The lowest BCUT2D eigenvalue weighted by Gasteiger charge is -2.14. The van der Waals surface area contributed by atoms with Crippen molar-refractivity contribution in [3.8, 4) is 23.0 Å². The van der Waals surface area contributed by atoms with Crippen LogP contribution in [-0.4, -0.2) is 39.3 Å². The lowest BCUT2D eigenvalue weighted by atomic mass is 10.0. The topological polar surface area (TPSA) is 146 Å². The Morgan fingerprint density at radius 3 is 2.21 bits per heavy atom. The first kappa shape index (κ1) is 21.7. The number of phosphoric acid groups is 1. The van der Waals surface area contributed by atoms with Crippen LogP contribution in [0.1, 0.15) is 22.3 Å². The van der Waals surface area contributed by atoms with Gasteiger partial charge in [-0.25, -0.2) is 4.57 Å². The summed E-state index contributed by atoms with van der Waals surface area (Å²) in [6, 6.07) is 6.13. The predicted molar refractivity (Wildman–Crippen MR) is 101 cm³/mol. The third-order valence-electron chi connectivity index (χ3n) is 3.88. The molecule has 0 heterocycles. The van der Waals surface area contributed by atoms with Gasteiger partial charge < -0.3 is 29.3 Å². The molecule has 0 saturated heterocycles. The lowest BCUT2D eigenvalue weighted by molar-refractivity contribution is 0.254. The maximum atomic E-state index is 11.1. The summed E-state index contributed by atoms with van der Waals surface area (Å²) in [6.45, 7) is -0.604. The molecule has 0 unspecified atom stereocenters. The summed E-state index contributed by atoms with van der Waals surface area (Å²) >= 11 is 0. The number of ether oxygens (including phenoxy) is 2. The summed E-state index contributed by atoms with van der Waals surface area (Å²) in [6.07, 6.45) is 3.07. The summed E-state index contributed by atoms with van der Waals surface area (Å²) in [4.78, 5) is 18.1. The van der Waals surface area contributed by atoms with Crippen molar-refractivity contribution < 1.29 is 43.7 Å². The zero-order valence-electron chi connectivity index (χ0n) is 15.2. The van der Waals surface area contributed by atoms with E-state index in [9.17, 15) is 19.9 Å². The highest BCUT2D eigenvalue weighted by Gasteiger charge is 2.23. The van der Waals surface area contributed by atoms with E-state index in [0.717, 1.165) is 0 Å². The third-order valence-corrected chi connectivity index (χ3v) is 4.30. The van der Waals surface area contributed by atoms with E-state index in [1.165, 1.54) is 32.4 Å². The second kappa shape index (κ2) is 9.09. The van der Waals surface area contributed by atoms with E-state index in [0.29, 0.717) is 22.4 Å². The summed E-state index contributed by atoms with van der Waals surface area (Å²) in [5.41, 5.74) is 1.75. The van der Waals surface area contributed by atoms with Crippen LogP contribution in [0.4, 0.5) is 0 Å². The number of rotatable bonds is 8. The Kier molecular flexibility index (Phi) is 7.06. The molecule has 0 fully saturated rings. The summed E-state index contributed by atoms with van der Waals surface area (Å²) in [5.74, 6) is -0.657. The van der Waals surface area contributed by atoms with E-state index in [1.54, 1.807) is 18.2 Å². The molecular weight excluding hydrogens is 391 g/mol. The lowest BCUT2D eigenvalue weighted by Crippen LogP contribution is -1.99. The quantitative estimate of drug-likeness (QED) is 0.325. The van der Waals surface area contributed by atoms with Gasteiger partial charge in [0.1, 0.15) is 5.75 Å². The van der Waals surface area contributed by atoms with Crippen LogP contribution in [0.5, 0.6) is 23.0 Å². The maximum absolute atomic E-state index is 11.1. The molecule has 152 valence electrons. The van der Waals surface area contributed by atoms with Gasteiger partial charge in [0.05, 0.1) is 27.4 Å². The highest BCUT2D eigenvalue weighted by atomic mass is 31.2. The number of phenolic OH excluding ortho intramolecular Hbond substituents is 1. The van der Waals surface area contributed by atoms with Crippen molar-refractivity contribution in [2.75, 3.05) is 14.2 Å². The second-order valence-electron chi connectivity index (χ2n) is 5.63. The number of phosphoric ester groups is 1. The molecule has 0 aromatic heterocycles. The number of hydrogen-bond acceptors (Lipinski definition) is 7. The van der Waals surface area contributed by atoms with Gasteiger partial charge in [-0.15, -0.1) is 0 Å². The number of benzene rings is 2. The Morgan fingerprint density at radius 1 is 1.00 bits per heavy atom. The van der Waals surface area contributed by atoms with Crippen LogP contribution in [-0.2, 0) is 17.8 Å². The first-order valence-electron chi connectivity index (χ1n) is 7.98. The number of aliphatic hydroxyl groups excluding tert-OH is 2. The van der Waals surface area contributed by atoms with E-state index >= 15 is 0 Å². The molecule has 0 amide bonds. The van der Waals surface area contributed by atoms with Crippen LogP contribution in [0.15, 0.2) is 24.3 Å². The smallest absolute Gasteiger partial charge is 0.504 e. The minimum atomic E-state index is -4.91. The summed E-state index contributed by atoms with van der Waals surface area (Å²) in [5, 5.41) is 29.3. The number of phenols is 1. The van der Waals surface area contributed by atoms with Crippen LogP contribution in [0.3, 0.4) is 0 Å². The van der Waals surface area contributed by atoms with Crippen molar-refractivity contribution >= 4 is 20.0 Å². The molecule has 10 heteroatoms. The first-order chi connectivity index (χ1) is 13.2. The van der Waals surface area contributed by atoms with Gasteiger partial charge in [-0.3, -0.25) is 9.79 Å². The molecule has 0 spiro atoms. The highest BCUT2D eigenvalue weighted by Crippen LogP contribution is 2.48. The van der Waals surface area contributed by atoms with Crippen molar-refractivity contribution in [2.45, 2.75) is 13.2 Å².